The highest BCUT2D eigenvalue weighted by Crippen LogP contribution is 2.32. The van der Waals surface area contributed by atoms with E-state index in [1.165, 1.54) is 0 Å². The van der Waals surface area contributed by atoms with Crippen molar-refractivity contribution in [2.24, 2.45) is 16.3 Å². The predicted octanol–water partition coefficient (Wildman–Crippen LogP) is 4.98. The topological polar surface area (TPSA) is 58.1 Å². The number of aliphatic imine (C=N–C) groups is 1. The normalized spacial score (nSPS) is 15.0. The van der Waals surface area contributed by atoms with Crippen molar-refractivity contribution in [2.75, 3.05) is 0 Å². The average molecular weight is 357 g/mol. The lowest BCUT2D eigenvalue weighted by Crippen LogP contribution is -2.16. The molecule has 27 heavy (non-hydrogen) atoms. The van der Waals surface area contributed by atoms with Crippen molar-refractivity contribution in [3.05, 3.63) is 46.4 Å². The van der Waals surface area contributed by atoms with Crippen LogP contribution in [0.25, 0.3) is 21.7 Å². The largest absolute Gasteiger partial charge is 0.327 e. The highest BCUT2D eigenvalue weighted by molar-refractivity contribution is 6.11. The smallest absolute Gasteiger partial charge is 0.258 e. The van der Waals surface area contributed by atoms with E-state index < -0.39 is 0 Å². The van der Waals surface area contributed by atoms with Crippen LogP contribution >= 0.6 is 0 Å². The van der Waals surface area contributed by atoms with Crippen molar-refractivity contribution in [1.29, 1.82) is 0 Å². The molecule has 136 valence electrons. The highest BCUT2D eigenvalue weighted by atomic mass is 16.1. The zero-order valence-corrected chi connectivity index (χ0v) is 16.2. The van der Waals surface area contributed by atoms with Crippen molar-refractivity contribution in [2.45, 2.75) is 40.5 Å². The van der Waals surface area contributed by atoms with E-state index in [1.807, 2.05) is 31.2 Å². The second-order valence-corrected chi connectivity index (χ2v) is 8.23. The minimum Gasteiger partial charge on any atom is -0.327 e. The molecule has 1 saturated carbocycles. The van der Waals surface area contributed by atoms with Gasteiger partial charge < -0.3 is 4.98 Å². The third kappa shape index (κ3) is 3.38. The van der Waals surface area contributed by atoms with Crippen LogP contribution in [-0.4, -0.2) is 15.7 Å². The van der Waals surface area contributed by atoms with Gasteiger partial charge in [-0.2, -0.15) is 0 Å². The number of nitrogens with one attached hydrogen (secondary N) is 1. The van der Waals surface area contributed by atoms with E-state index in [4.69, 9.17) is 9.98 Å². The molecular formula is C23H23N3O. The molecule has 1 aliphatic carbocycles. The van der Waals surface area contributed by atoms with Crippen LogP contribution in [0, 0.1) is 23.2 Å². The van der Waals surface area contributed by atoms with Gasteiger partial charge in [0.1, 0.15) is 0 Å². The minimum atomic E-state index is -0.145. The minimum absolute atomic E-state index is 0.0550. The quantitative estimate of drug-likeness (QED) is 0.379. The molecule has 0 spiro atoms. The first kappa shape index (κ1) is 17.5. The lowest BCUT2D eigenvalue weighted by atomic mass is 9.91. The van der Waals surface area contributed by atoms with Gasteiger partial charge in [-0.15, -0.1) is 0 Å². The van der Waals surface area contributed by atoms with E-state index in [0.29, 0.717) is 22.6 Å². The summed E-state index contributed by atoms with van der Waals surface area (Å²) in [5.74, 6) is 7.61. The average Bonchev–Trinajstić information content (AvgIpc) is 3.44. The Bertz CT molecular complexity index is 1200. The molecule has 2 aromatic heterocycles. The predicted molar refractivity (Wildman–Crippen MR) is 112 cm³/mol. The Hall–Kier alpha value is -2.93. The van der Waals surface area contributed by atoms with Crippen LogP contribution in [0.1, 0.15) is 46.1 Å². The van der Waals surface area contributed by atoms with Gasteiger partial charge in [0.15, 0.2) is 5.82 Å². The Labute approximate surface area is 158 Å². The molecule has 0 radical (unpaired) electrons. The van der Waals surface area contributed by atoms with Gasteiger partial charge in [-0.1, -0.05) is 56.9 Å². The van der Waals surface area contributed by atoms with E-state index in [-0.39, 0.29) is 11.0 Å². The molecule has 2 heterocycles. The molecule has 0 atom stereocenters. The number of aromatic nitrogens is 2. The molecule has 1 fully saturated rings. The molecule has 0 aliphatic heterocycles. The van der Waals surface area contributed by atoms with Crippen LogP contribution in [0.5, 0.6) is 0 Å². The van der Waals surface area contributed by atoms with Crippen LogP contribution in [0.3, 0.4) is 0 Å². The summed E-state index contributed by atoms with van der Waals surface area (Å²) in [6, 6.07) is 7.82. The first-order valence-electron chi connectivity index (χ1n) is 9.36. The SMILES string of the molecule is CC(=Nc1nc2c(C#CC3CC3)c[nH]c(=O)c2c2ccccc12)C(C)(C)C. The van der Waals surface area contributed by atoms with Crippen molar-refractivity contribution in [3.63, 3.8) is 0 Å². The summed E-state index contributed by atoms with van der Waals surface area (Å²) in [4.78, 5) is 25.1. The van der Waals surface area contributed by atoms with Gasteiger partial charge in [-0.3, -0.25) is 4.79 Å². The molecule has 3 aromatic rings. The standard InChI is InChI=1S/C23H23N3O/c1-14(23(2,3)4)25-21-18-8-6-5-7-17(18)19-20(26-21)16(13-24-22(19)27)12-11-15-9-10-15/h5-8,13,15H,9-10H2,1-4H3,(H,24,27). The van der Waals surface area contributed by atoms with Gasteiger partial charge in [0, 0.05) is 34.0 Å². The maximum Gasteiger partial charge on any atom is 0.258 e. The molecule has 1 aromatic carbocycles. The Morgan fingerprint density at radius 1 is 1.22 bits per heavy atom. The maximum absolute atomic E-state index is 12.6. The van der Waals surface area contributed by atoms with E-state index in [9.17, 15) is 4.79 Å². The molecule has 4 rings (SSSR count). The summed E-state index contributed by atoms with van der Waals surface area (Å²) >= 11 is 0. The fraction of sp³-hybridized carbons (Fsp3) is 0.348. The molecule has 0 bridgehead atoms. The second-order valence-electron chi connectivity index (χ2n) is 8.23. The van der Waals surface area contributed by atoms with Crippen molar-refractivity contribution in [1.82, 2.24) is 9.97 Å². The molecule has 4 nitrogen and oxygen atoms in total. The highest BCUT2D eigenvalue weighted by Gasteiger charge is 2.19. The first-order valence-corrected chi connectivity index (χ1v) is 9.36. The number of pyridine rings is 2. The first-order chi connectivity index (χ1) is 12.8. The monoisotopic (exact) mass is 357 g/mol. The molecular weight excluding hydrogens is 334 g/mol. The number of fused-ring (bicyclic) bond motifs is 3. The van der Waals surface area contributed by atoms with Crippen LogP contribution in [0.15, 0.2) is 40.2 Å². The van der Waals surface area contributed by atoms with Crippen LogP contribution in [0.4, 0.5) is 5.82 Å². The van der Waals surface area contributed by atoms with Gasteiger partial charge in [-0.25, -0.2) is 9.98 Å². The summed E-state index contributed by atoms with van der Waals surface area (Å²) in [5.41, 5.74) is 2.18. The molecule has 0 amide bonds. The second kappa shape index (κ2) is 6.35. The Balaban J connectivity index is 2.07. The van der Waals surface area contributed by atoms with Gasteiger partial charge in [0.25, 0.3) is 5.56 Å². The maximum atomic E-state index is 12.6. The van der Waals surface area contributed by atoms with Gasteiger partial charge in [0.05, 0.1) is 16.5 Å². The lowest BCUT2D eigenvalue weighted by Gasteiger charge is -2.18. The number of hydrogen-bond acceptors (Lipinski definition) is 3. The fourth-order valence-electron chi connectivity index (χ4n) is 2.86. The van der Waals surface area contributed by atoms with E-state index in [1.54, 1.807) is 6.20 Å². The Morgan fingerprint density at radius 2 is 1.93 bits per heavy atom. The van der Waals surface area contributed by atoms with Crippen molar-refractivity contribution >= 4 is 33.2 Å². The lowest BCUT2D eigenvalue weighted by molar-refractivity contribution is 0.588. The number of rotatable bonds is 1. The zero-order chi connectivity index (χ0) is 19.2. The van der Waals surface area contributed by atoms with E-state index >= 15 is 0 Å². The van der Waals surface area contributed by atoms with Gasteiger partial charge in [-0.05, 0) is 19.8 Å². The Kier molecular flexibility index (Phi) is 4.11. The fourth-order valence-corrected chi connectivity index (χ4v) is 2.86. The summed E-state index contributed by atoms with van der Waals surface area (Å²) < 4.78 is 0. The van der Waals surface area contributed by atoms with Crippen molar-refractivity contribution in [3.8, 4) is 11.8 Å². The Morgan fingerprint density at radius 3 is 2.59 bits per heavy atom. The molecule has 1 N–H and O–H groups in total. The summed E-state index contributed by atoms with van der Waals surface area (Å²) in [6.45, 7) is 8.41. The molecule has 0 saturated heterocycles. The molecule has 4 heteroatoms. The van der Waals surface area contributed by atoms with Crippen LogP contribution in [0.2, 0.25) is 0 Å². The van der Waals surface area contributed by atoms with Crippen LogP contribution < -0.4 is 5.56 Å². The van der Waals surface area contributed by atoms with E-state index in [0.717, 1.165) is 34.9 Å². The van der Waals surface area contributed by atoms with Gasteiger partial charge >= 0.3 is 0 Å². The molecule has 1 aliphatic rings. The molecule has 0 unspecified atom stereocenters. The van der Waals surface area contributed by atoms with Gasteiger partial charge in [0.2, 0.25) is 0 Å². The number of H-pyrrole nitrogens is 1. The third-order valence-corrected chi connectivity index (χ3v) is 5.07. The number of nitrogens with zero attached hydrogens (tertiary/aromatic N) is 2. The summed E-state index contributed by atoms with van der Waals surface area (Å²) in [5, 5.41) is 2.33. The number of hydrogen-bond donors (Lipinski definition) is 1. The van der Waals surface area contributed by atoms with E-state index in [2.05, 4.69) is 37.6 Å². The number of benzene rings is 1. The van der Waals surface area contributed by atoms with Crippen LogP contribution in [-0.2, 0) is 0 Å². The number of aromatic amines is 1. The third-order valence-electron chi connectivity index (χ3n) is 5.07. The van der Waals surface area contributed by atoms with Crippen molar-refractivity contribution < 1.29 is 0 Å². The zero-order valence-electron chi connectivity index (χ0n) is 16.2. The summed E-state index contributed by atoms with van der Waals surface area (Å²) in [7, 11) is 0. The summed E-state index contributed by atoms with van der Waals surface area (Å²) in [6.07, 6.45) is 3.99.